The van der Waals surface area contributed by atoms with Crippen molar-refractivity contribution in [3.8, 4) is 5.75 Å². The first-order valence-electron chi connectivity index (χ1n) is 10.8. The van der Waals surface area contributed by atoms with Crippen LogP contribution in [0.5, 0.6) is 5.75 Å². The number of hydrogen-bond donors (Lipinski definition) is 2. The Labute approximate surface area is 221 Å². The van der Waals surface area contributed by atoms with E-state index < -0.39 is 36.0 Å². The quantitative estimate of drug-likeness (QED) is 0.363. The zero-order chi connectivity index (χ0) is 26.9. The van der Waals surface area contributed by atoms with E-state index in [9.17, 15) is 24.3 Å². The number of carbonyl (C=O) groups is 4. The second kappa shape index (κ2) is 12.8. The Balaban J connectivity index is 1.90. The summed E-state index contributed by atoms with van der Waals surface area (Å²) in [5.41, 5.74) is 0.309. The molecular formula is C26H21Cl2NO8. The molecule has 2 N–H and O–H groups in total. The van der Waals surface area contributed by atoms with Crippen LogP contribution in [0.15, 0.2) is 72.8 Å². The van der Waals surface area contributed by atoms with Gasteiger partial charge in [0.05, 0.1) is 28.3 Å². The van der Waals surface area contributed by atoms with Crippen LogP contribution in [0.25, 0.3) is 0 Å². The molecular weight excluding hydrogens is 525 g/mol. The summed E-state index contributed by atoms with van der Waals surface area (Å²) in [5.74, 6) is -4.53. The van der Waals surface area contributed by atoms with Gasteiger partial charge in [0.1, 0.15) is 5.75 Å². The lowest BCUT2D eigenvalue weighted by Crippen LogP contribution is -2.50. The van der Waals surface area contributed by atoms with Crippen molar-refractivity contribution in [2.24, 2.45) is 0 Å². The molecule has 0 bridgehead atoms. The van der Waals surface area contributed by atoms with Gasteiger partial charge in [-0.1, -0.05) is 65.7 Å². The van der Waals surface area contributed by atoms with Crippen molar-refractivity contribution in [3.63, 3.8) is 0 Å². The molecule has 0 heterocycles. The number of aliphatic carboxylic acids is 1. The van der Waals surface area contributed by atoms with E-state index in [1.807, 2.05) is 0 Å². The number of rotatable bonds is 10. The molecule has 0 aliphatic carbocycles. The standard InChI is InChI=1S/C26H21Cl2NO8/c1-35-20-13-7-2-8-15(20)14-29-23(30)21(36-25(33)16-9-3-5-11-18(16)27)22(24(31)32)37-26(34)17-10-4-6-12-19(17)28/h2-13,21-22H,14H2,1H3,(H,29,30)(H,31,32)/t21-,22+/m0/s1. The second-order valence-corrected chi connectivity index (χ2v) is 8.29. The van der Waals surface area contributed by atoms with Gasteiger partial charge < -0.3 is 24.6 Å². The smallest absolute Gasteiger partial charge is 0.349 e. The van der Waals surface area contributed by atoms with E-state index in [2.05, 4.69) is 5.32 Å². The largest absolute Gasteiger partial charge is 0.496 e. The number of benzene rings is 3. The summed E-state index contributed by atoms with van der Waals surface area (Å²) in [5, 5.41) is 12.3. The molecule has 0 saturated carbocycles. The molecule has 11 heteroatoms. The van der Waals surface area contributed by atoms with Gasteiger partial charge in [-0.25, -0.2) is 14.4 Å². The lowest BCUT2D eigenvalue weighted by Gasteiger charge is -2.24. The molecule has 9 nitrogen and oxygen atoms in total. The lowest BCUT2D eigenvalue weighted by molar-refractivity contribution is -0.159. The van der Waals surface area contributed by atoms with Crippen molar-refractivity contribution in [1.82, 2.24) is 5.32 Å². The van der Waals surface area contributed by atoms with Crippen molar-refractivity contribution in [1.29, 1.82) is 0 Å². The Morgan fingerprint density at radius 2 is 1.27 bits per heavy atom. The van der Waals surface area contributed by atoms with Gasteiger partial charge in [-0.05, 0) is 30.3 Å². The minimum atomic E-state index is -2.21. The molecule has 0 aliphatic rings. The molecule has 0 unspecified atom stereocenters. The van der Waals surface area contributed by atoms with Crippen molar-refractivity contribution in [2.75, 3.05) is 7.11 Å². The number of carboxylic acid groups (broad SMARTS) is 1. The summed E-state index contributed by atoms with van der Waals surface area (Å²) < 4.78 is 15.6. The maximum Gasteiger partial charge on any atom is 0.349 e. The minimum absolute atomic E-state index is 0.00174. The van der Waals surface area contributed by atoms with E-state index in [0.717, 1.165) is 0 Å². The summed E-state index contributed by atoms with van der Waals surface area (Å²) in [6.07, 6.45) is -4.30. The molecule has 0 spiro atoms. The van der Waals surface area contributed by atoms with Crippen LogP contribution >= 0.6 is 23.2 Å². The van der Waals surface area contributed by atoms with E-state index in [0.29, 0.717) is 11.3 Å². The molecule has 0 radical (unpaired) electrons. The number of ether oxygens (including phenoxy) is 3. The summed E-state index contributed by atoms with van der Waals surface area (Å²) >= 11 is 12.1. The SMILES string of the molecule is COc1ccccc1CNC(=O)[C@@H](OC(=O)c1ccccc1Cl)[C@@H](OC(=O)c1ccccc1Cl)C(=O)O. The van der Waals surface area contributed by atoms with Crippen LogP contribution in [0.1, 0.15) is 26.3 Å². The van der Waals surface area contributed by atoms with Gasteiger partial charge >= 0.3 is 17.9 Å². The third kappa shape index (κ3) is 6.99. The molecule has 0 aliphatic heterocycles. The fraction of sp³-hybridized carbons (Fsp3) is 0.154. The van der Waals surface area contributed by atoms with Crippen molar-refractivity contribution in [2.45, 2.75) is 18.8 Å². The second-order valence-electron chi connectivity index (χ2n) is 7.48. The summed E-state index contributed by atoms with van der Waals surface area (Å²) in [6.45, 7) is -0.103. The number of halogens is 2. The van der Waals surface area contributed by atoms with Gasteiger partial charge in [-0.3, -0.25) is 4.79 Å². The third-order valence-corrected chi connectivity index (χ3v) is 5.74. The fourth-order valence-electron chi connectivity index (χ4n) is 3.24. The highest BCUT2D eigenvalue weighted by atomic mass is 35.5. The maximum absolute atomic E-state index is 13.2. The Bertz CT molecular complexity index is 1310. The molecule has 2 atom stereocenters. The monoisotopic (exact) mass is 545 g/mol. The number of carboxylic acids is 1. The van der Waals surface area contributed by atoms with Crippen LogP contribution in [-0.4, -0.2) is 48.2 Å². The Morgan fingerprint density at radius 3 is 1.78 bits per heavy atom. The molecule has 3 aromatic carbocycles. The highest BCUT2D eigenvalue weighted by Gasteiger charge is 2.41. The molecule has 1 amide bonds. The van der Waals surface area contributed by atoms with Crippen LogP contribution in [0.2, 0.25) is 10.0 Å². The number of hydrogen-bond acceptors (Lipinski definition) is 7. The Kier molecular flexibility index (Phi) is 9.48. The zero-order valence-corrected chi connectivity index (χ0v) is 20.9. The summed E-state index contributed by atoms with van der Waals surface area (Å²) in [4.78, 5) is 50.8. The first kappa shape index (κ1) is 27.5. The van der Waals surface area contributed by atoms with Crippen LogP contribution in [-0.2, 0) is 25.6 Å². The van der Waals surface area contributed by atoms with Gasteiger partial charge in [0.25, 0.3) is 5.91 Å². The van der Waals surface area contributed by atoms with Crippen LogP contribution in [0.4, 0.5) is 0 Å². The zero-order valence-electron chi connectivity index (χ0n) is 19.4. The predicted molar refractivity (Wildman–Crippen MR) is 134 cm³/mol. The van der Waals surface area contributed by atoms with Gasteiger partial charge in [0, 0.05) is 12.1 Å². The first-order chi connectivity index (χ1) is 17.7. The number of methoxy groups -OCH3 is 1. The molecule has 3 aromatic rings. The summed E-state index contributed by atoms with van der Waals surface area (Å²) in [6, 6.07) is 18.4. The molecule has 0 fully saturated rings. The first-order valence-corrected chi connectivity index (χ1v) is 11.5. The molecule has 0 aromatic heterocycles. The van der Waals surface area contributed by atoms with Crippen molar-refractivity contribution >= 4 is 47.0 Å². The van der Waals surface area contributed by atoms with E-state index in [1.165, 1.54) is 43.5 Å². The molecule has 192 valence electrons. The van der Waals surface area contributed by atoms with Crippen molar-refractivity contribution < 1.29 is 38.5 Å². The van der Waals surface area contributed by atoms with E-state index in [4.69, 9.17) is 37.4 Å². The molecule has 0 saturated heterocycles. The van der Waals surface area contributed by atoms with Crippen molar-refractivity contribution in [3.05, 3.63) is 99.5 Å². The number of esters is 2. The Morgan fingerprint density at radius 1 is 0.784 bits per heavy atom. The summed E-state index contributed by atoms with van der Waals surface area (Å²) in [7, 11) is 1.45. The topological polar surface area (TPSA) is 128 Å². The van der Waals surface area contributed by atoms with Crippen LogP contribution < -0.4 is 10.1 Å². The molecule has 37 heavy (non-hydrogen) atoms. The molecule has 3 rings (SSSR count). The highest BCUT2D eigenvalue weighted by Crippen LogP contribution is 2.21. The van der Waals surface area contributed by atoms with E-state index in [-0.39, 0.29) is 27.7 Å². The fourth-order valence-corrected chi connectivity index (χ4v) is 3.66. The third-order valence-electron chi connectivity index (χ3n) is 5.08. The van der Waals surface area contributed by atoms with Gasteiger partial charge in [-0.2, -0.15) is 0 Å². The number of nitrogens with one attached hydrogen (secondary N) is 1. The number of para-hydroxylation sites is 1. The maximum atomic E-state index is 13.2. The lowest BCUT2D eigenvalue weighted by atomic mass is 10.1. The number of amides is 1. The van der Waals surface area contributed by atoms with Gasteiger partial charge in [-0.15, -0.1) is 0 Å². The van der Waals surface area contributed by atoms with Crippen LogP contribution in [0.3, 0.4) is 0 Å². The highest BCUT2D eigenvalue weighted by molar-refractivity contribution is 6.34. The number of carbonyl (C=O) groups excluding carboxylic acids is 3. The van der Waals surface area contributed by atoms with Gasteiger partial charge in [0.2, 0.25) is 12.2 Å². The minimum Gasteiger partial charge on any atom is -0.496 e. The Hall–Kier alpha value is -4.08. The van der Waals surface area contributed by atoms with Gasteiger partial charge in [0.15, 0.2) is 0 Å². The average Bonchev–Trinajstić information content (AvgIpc) is 2.89. The van der Waals surface area contributed by atoms with E-state index in [1.54, 1.807) is 36.4 Å². The predicted octanol–water partition coefficient (Wildman–Crippen LogP) is 4.15. The average molecular weight is 546 g/mol. The normalized spacial score (nSPS) is 12.1. The van der Waals surface area contributed by atoms with E-state index >= 15 is 0 Å². The van der Waals surface area contributed by atoms with Crippen LogP contribution in [0, 0.1) is 0 Å².